The Hall–Kier alpha value is -2.37. The Balaban J connectivity index is 2.20. The van der Waals surface area contributed by atoms with E-state index in [0.717, 1.165) is 17.1 Å². The number of hydrogen-bond acceptors (Lipinski definition) is 4. The number of aromatic nitrogens is 3. The summed E-state index contributed by atoms with van der Waals surface area (Å²) in [6.45, 7) is 7.30. The van der Waals surface area contributed by atoms with Gasteiger partial charge in [0.25, 0.3) is 0 Å². The fourth-order valence-electron chi connectivity index (χ4n) is 2.04. The molecule has 0 aliphatic rings. The minimum absolute atomic E-state index is 0.147. The van der Waals surface area contributed by atoms with Gasteiger partial charge in [-0.15, -0.1) is 0 Å². The molecule has 0 bridgehead atoms. The Kier molecular flexibility index (Phi) is 3.74. The van der Waals surface area contributed by atoms with E-state index in [1.807, 2.05) is 26.0 Å². The molecule has 2 aromatic rings. The SMILES string of the molecule is Cc1nc(C)n(C(C)C(=O)Nc2cccc(N)c2C)n1. The van der Waals surface area contributed by atoms with Crippen molar-refractivity contribution in [3.05, 3.63) is 35.4 Å². The van der Waals surface area contributed by atoms with Gasteiger partial charge in [-0.3, -0.25) is 4.79 Å². The van der Waals surface area contributed by atoms with Gasteiger partial charge >= 0.3 is 0 Å². The first-order valence-corrected chi connectivity index (χ1v) is 6.46. The summed E-state index contributed by atoms with van der Waals surface area (Å²) in [5, 5.41) is 7.11. The molecule has 0 aliphatic carbocycles. The first-order valence-electron chi connectivity index (χ1n) is 6.46. The largest absolute Gasteiger partial charge is 0.398 e. The molecule has 6 nitrogen and oxygen atoms in total. The van der Waals surface area contributed by atoms with E-state index in [4.69, 9.17) is 5.73 Å². The lowest BCUT2D eigenvalue weighted by Gasteiger charge is -2.15. The number of carbonyl (C=O) groups excluding carboxylic acids is 1. The molecular formula is C14H19N5O. The number of nitrogens with zero attached hydrogens (tertiary/aromatic N) is 3. The fraction of sp³-hybridized carbons (Fsp3) is 0.357. The van der Waals surface area contributed by atoms with Gasteiger partial charge in [-0.1, -0.05) is 6.07 Å². The number of nitrogen functional groups attached to an aromatic ring is 1. The fourth-order valence-corrected chi connectivity index (χ4v) is 2.04. The van der Waals surface area contributed by atoms with Crippen molar-refractivity contribution in [2.45, 2.75) is 33.7 Å². The molecular weight excluding hydrogens is 254 g/mol. The van der Waals surface area contributed by atoms with Gasteiger partial charge in [-0.2, -0.15) is 5.10 Å². The molecule has 0 saturated carbocycles. The molecule has 1 amide bonds. The van der Waals surface area contributed by atoms with Crippen LogP contribution >= 0.6 is 0 Å². The Morgan fingerprint density at radius 3 is 2.65 bits per heavy atom. The van der Waals surface area contributed by atoms with Gasteiger partial charge in [0.1, 0.15) is 17.7 Å². The Morgan fingerprint density at radius 2 is 2.05 bits per heavy atom. The van der Waals surface area contributed by atoms with Crippen molar-refractivity contribution in [3.8, 4) is 0 Å². The van der Waals surface area contributed by atoms with Gasteiger partial charge < -0.3 is 11.1 Å². The first kappa shape index (κ1) is 14.0. The van der Waals surface area contributed by atoms with Crippen LogP contribution in [0.5, 0.6) is 0 Å². The molecule has 0 spiro atoms. The van der Waals surface area contributed by atoms with Crippen LogP contribution in [0, 0.1) is 20.8 Å². The maximum atomic E-state index is 12.3. The van der Waals surface area contributed by atoms with Crippen molar-refractivity contribution >= 4 is 17.3 Å². The van der Waals surface area contributed by atoms with Crippen LogP contribution in [0.25, 0.3) is 0 Å². The van der Waals surface area contributed by atoms with Gasteiger partial charge in [0.2, 0.25) is 5.91 Å². The number of anilines is 2. The second kappa shape index (κ2) is 5.32. The van der Waals surface area contributed by atoms with E-state index in [1.54, 1.807) is 24.6 Å². The van der Waals surface area contributed by atoms with E-state index < -0.39 is 6.04 Å². The third-order valence-electron chi connectivity index (χ3n) is 3.29. The average molecular weight is 273 g/mol. The van der Waals surface area contributed by atoms with Gasteiger partial charge in [0.15, 0.2) is 0 Å². The zero-order chi connectivity index (χ0) is 14.9. The molecule has 0 fully saturated rings. The molecule has 1 atom stereocenters. The van der Waals surface area contributed by atoms with E-state index in [1.165, 1.54) is 0 Å². The molecule has 1 heterocycles. The second-order valence-corrected chi connectivity index (χ2v) is 4.84. The molecule has 0 saturated heterocycles. The molecule has 3 N–H and O–H groups in total. The molecule has 0 aliphatic heterocycles. The average Bonchev–Trinajstić information content (AvgIpc) is 2.73. The maximum absolute atomic E-state index is 12.3. The predicted octanol–water partition coefficient (Wildman–Crippen LogP) is 1.99. The number of nitrogens with one attached hydrogen (secondary N) is 1. The lowest BCUT2D eigenvalue weighted by atomic mass is 10.1. The number of amides is 1. The number of aryl methyl sites for hydroxylation is 2. The third kappa shape index (κ3) is 2.64. The van der Waals surface area contributed by atoms with E-state index >= 15 is 0 Å². The number of hydrogen-bond donors (Lipinski definition) is 2. The molecule has 1 unspecified atom stereocenters. The molecule has 20 heavy (non-hydrogen) atoms. The van der Waals surface area contributed by atoms with Crippen LogP contribution < -0.4 is 11.1 Å². The summed E-state index contributed by atoms with van der Waals surface area (Å²) in [7, 11) is 0. The molecule has 1 aromatic heterocycles. The number of rotatable bonds is 3. The van der Waals surface area contributed by atoms with Gasteiger partial charge in [0, 0.05) is 11.4 Å². The monoisotopic (exact) mass is 273 g/mol. The van der Waals surface area contributed by atoms with Gasteiger partial charge in [0.05, 0.1) is 0 Å². The molecule has 0 radical (unpaired) electrons. The number of nitrogens with two attached hydrogens (primary N) is 1. The van der Waals surface area contributed by atoms with Crippen LogP contribution in [0.1, 0.15) is 30.2 Å². The van der Waals surface area contributed by atoms with Crippen LogP contribution in [0.3, 0.4) is 0 Å². The van der Waals surface area contributed by atoms with Crippen LogP contribution in [-0.4, -0.2) is 20.7 Å². The van der Waals surface area contributed by atoms with Crippen LogP contribution in [0.4, 0.5) is 11.4 Å². The van der Waals surface area contributed by atoms with E-state index in [0.29, 0.717) is 11.5 Å². The first-order chi connectivity index (χ1) is 9.40. The topological polar surface area (TPSA) is 85.8 Å². The van der Waals surface area contributed by atoms with E-state index in [2.05, 4.69) is 15.4 Å². The summed E-state index contributed by atoms with van der Waals surface area (Å²) in [5.74, 6) is 1.23. The summed E-state index contributed by atoms with van der Waals surface area (Å²) in [4.78, 5) is 16.5. The molecule has 106 valence electrons. The summed E-state index contributed by atoms with van der Waals surface area (Å²) in [6, 6.07) is 5.01. The minimum Gasteiger partial charge on any atom is -0.398 e. The summed E-state index contributed by atoms with van der Waals surface area (Å²) < 4.78 is 1.62. The molecule has 2 rings (SSSR count). The zero-order valence-electron chi connectivity index (χ0n) is 12.1. The maximum Gasteiger partial charge on any atom is 0.249 e. The zero-order valence-corrected chi connectivity index (χ0v) is 12.1. The van der Waals surface area contributed by atoms with Crippen molar-refractivity contribution in [3.63, 3.8) is 0 Å². The van der Waals surface area contributed by atoms with Crippen molar-refractivity contribution < 1.29 is 4.79 Å². The third-order valence-corrected chi connectivity index (χ3v) is 3.29. The number of benzene rings is 1. The van der Waals surface area contributed by atoms with Crippen LogP contribution in [0.2, 0.25) is 0 Å². The smallest absolute Gasteiger partial charge is 0.249 e. The van der Waals surface area contributed by atoms with Crippen molar-refractivity contribution in [1.29, 1.82) is 0 Å². The van der Waals surface area contributed by atoms with Crippen molar-refractivity contribution in [2.24, 2.45) is 0 Å². The predicted molar refractivity (Wildman–Crippen MR) is 78.4 cm³/mol. The lowest BCUT2D eigenvalue weighted by Crippen LogP contribution is -2.25. The summed E-state index contributed by atoms with van der Waals surface area (Å²) >= 11 is 0. The van der Waals surface area contributed by atoms with Crippen molar-refractivity contribution in [1.82, 2.24) is 14.8 Å². The quantitative estimate of drug-likeness (QED) is 0.837. The number of carbonyl (C=O) groups is 1. The lowest BCUT2D eigenvalue weighted by molar-refractivity contribution is -0.119. The van der Waals surface area contributed by atoms with E-state index in [-0.39, 0.29) is 5.91 Å². The molecule has 1 aromatic carbocycles. The van der Waals surface area contributed by atoms with Gasteiger partial charge in [-0.25, -0.2) is 9.67 Å². The van der Waals surface area contributed by atoms with Crippen LogP contribution in [-0.2, 0) is 4.79 Å². The molecule has 6 heteroatoms. The normalized spacial score (nSPS) is 12.2. The Bertz CT molecular complexity index is 647. The Morgan fingerprint density at radius 1 is 1.35 bits per heavy atom. The highest BCUT2D eigenvalue weighted by atomic mass is 16.2. The Labute approximate surface area is 118 Å². The highest BCUT2D eigenvalue weighted by molar-refractivity contribution is 5.94. The summed E-state index contributed by atoms with van der Waals surface area (Å²) in [5.41, 5.74) is 8.07. The van der Waals surface area contributed by atoms with Gasteiger partial charge in [-0.05, 0) is 45.4 Å². The highest BCUT2D eigenvalue weighted by Gasteiger charge is 2.19. The standard InChI is InChI=1S/C14H19N5O/c1-8-12(15)6-5-7-13(8)17-14(20)9(2)19-11(4)16-10(3)18-19/h5-7,9H,15H2,1-4H3,(H,17,20). The second-order valence-electron chi connectivity index (χ2n) is 4.84. The minimum atomic E-state index is -0.433. The van der Waals surface area contributed by atoms with Crippen molar-refractivity contribution in [2.75, 3.05) is 11.1 Å². The summed E-state index contributed by atoms with van der Waals surface area (Å²) in [6.07, 6.45) is 0. The van der Waals surface area contributed by atoms with Crippen LogP contribution in [0.15, 0.2) is 18.2 Å². The van der Waals surface area contributed by atoms with E-state index in [9.17, 15) is 4.79 Å². The highest BCUT2D eigenvalue weighted by Crippen LogP contribution is 2.21.